The topological polar surface area (TPSA) is 35.0 Å². The van der Waals surface area contributed by atoms with Gasteiger partial charge >= 0.3 is 0 Å². The van der Waals surface area contributed by atoms with Gasteiger partial charge in [0.05, 0.1) is 4.47 Å². The summed E-state index contributed by atoms with van der Waals surface area (Å²) in [6.07, 6.45) is 1.54. The first-order chi connectivity index (χ1) is 7.25. The minimum absolute atomic E-state index is 0.166. The number of para-hydroxylation sites is 1. The number of hydrogen-bond donors (Lipinski definition) is 0. The van der Waals surface area contributed by atoms with E-state index in [9.17, 15) is 0 Å². The first kappa shape index (κ1) is 10.4. The van der Waals surface area contributed by atoms with Gasteiger partial charge in [-0.25, -0.2) is 4.98 Å². The van der Waals surface area contributed by atoms with Crippen molar-refractivity contribution in [3.8, 4) is 11.6 Å². The Balaban J connectivity index is 2.26. The van der Waals surface area contributed by atoms with E-state index in [1.807, 2.05) is 24.3 Å². The third kappa shape index (κ3) is 2.67. The number of hydrogen-bond acceptors (Lipinski definition) is 3. The maximum Gasteiger partial charge on any atom is 0.225 e. The lowest BCUT2D eigenvalue weighted by Gasteiger charge is -2.05. The largest absolute Gasteiger partial charge is 0.438 e. The highest BCUT2D eigenvalue weighted by atomic mass is 79.9. The molecule has 0 radical (unpaired) electrons. The molecule has 0 aliphatic carbocycles. The Morgan fingerprint density at radius 2 is 2.00 bits per heavy atom. The summed E-state index contributed by atoms with van der Waals surface area (Å²) >= 11 is 9.01. The maximum absolute atomic E-state index is 5.64. The van der Waals surface area contributed by atoms with E-state index in [-0.39, 0.29) is 5.28 Å². The fraction of sp³-hybridized carbons (Fsp3) is 0. The van der Waals surface area contributed by atoms with Crippen LogP contribution in [0.5, 0.6) is 11.6 Å². The lowest BCUT2D eigenvalue weighted by atomic mass is 10.3. The number of nitrogens with zero attached hydrogens (tertiary/aromatic N) is 2. The molecule has 15 heavy (non-hydrogen) atoms. The molecule has 76 valence electrons. The van der Waals surface area contributed by atoms with Crippen LogP contribution in [0.2, 0.25) is 5.28 Å². The first-order valence-corrected chi connectivity index (χ1v) is 5.34. The van der Waals surface area contributed by atoms with Crippen LogP contribution in [0.4, 0.5) is 0 Å². The summed E-state index contributed by atoms with van der Waals surface area (Å²) in [5, 5.41) is 0.166. The second-order valence-corrected chi connectivity index (χ2v) is 3.89. The van der Waals surface area contributed by atoms with Gasteiger partial charge in [-0.3, -0.25) is 0 Å². The highest BCUT2D eigenvalue weighted by molar-refractivity contribution is 9.10. The van der Waals surface area contributed by atoms with Crippen molar-refractivity contribution in [3.05, 3.63) is 46.3 Å². The van der Waals surface area contributed by atoms with E-state index in [4.69, 9.17) is 16.3 Å². The molecule has 0 amide bonds. The third-order valence-electron chi connectivity index (χ3n) is 1.65. The summed E-state index contributed by atoms with van der Waals surface area (Å²) in [7, 11) is 0. The van der Waals surface area contributed by atoms with E-state index in [1.54, 1.807) is 12.3 Å². The number of benzene rings is 1. The molecule has 1 aromatic heterocycles. The van der Waals surface area contributed by atoms with Crippen molar-refractivity contribution < 1.29 is 4.74 Å². The highest BCUT2D eigenvalue weighted by Gasteiger charge is 2.02. The Hall–Kier alpha value is -1.13. The molecule has 5 heteroatoms. The molecule has 0 saturated heterocycles. The van der Waals surface area contributed by atoms with Crippen molar-refractivity contribution in [2.24, 2.45) is 0 Å². The molecule has 0 N–H and O–H groups in total. The first-order valence-electron chi connectivity index (χ1n) is 4.16. The van der Waals surface area contributed by atoms with E-state index < -0.39 is 0 Å². The maximum atomic E-state index is 5.64. The van der Waals surface area contributed by atoms with Gasteiger partial charge in [-0.05, 0) is 39.7 Å². The average molecular weight is 286 g/mol. The summed E-state index contributed by atoms with van der Waals surface area (Å²) in [6, 6.07) is 9.15. The molecule has 1 heterocycles. The molecule has 3 nitrogen and oxygen atoms in total. The predicted octanol–water partition coefficient (Wildman–Crippen LogP) is 3.68. The van der Waals surface area contributed by atoms with Crippen molar-refractivity contribution in [1.29, 1.82) is 0 Å². The van der Waals surface area contributed by atoms with E-state index >= 15 is 0 Å². The lowest BCUT2D eigenvalue weighted by molar-refractivity contribution is 0.459. The summed E-state index contributed by atoms with van der Waals surface area (Å²) in [6.45, 7) is 0. The third-order valence-corrected chi connectivity index (χ3v) is 2.49. The van der Waals surface area contributed by atoms with Gasteiger partial charge in [0.25, 0.3) is 0 Å². The minimum Gasteiger partial charge on any atom is -0.438 e. The van der Waals surface area contributed by atoms with E-state index in [0.29, 0.717) is 11.6 Å². The molecular formula is C10H6BrClN2O. The quantitative estimate of drug-likeness (QED) is 0.789. The Morgan fingerprint density at radius 3 is 2.73 bits per heavy atom. The van der Waals surface area contributed by atoms with Gasteiger partial charge in [0, 0.05) is 12.3 Å². The van der Waals surface area contributed by atoms with Crippen LogP contribution < -0.4 is 4.74 Å². The van der Waals surface area contributed by atoms with E-state index in [1.165, 1.54) is 0 Å². The molecular weight excluding hydrogens is 279 g/mol. The van der Waals surface area contributed by atoms with Gasteiger partial charge in [-0.2, -0.15) is 4.98 Å². The van der Waals surface area contributed by atoms with Gasteiger partial charge < -0.3 is 4.74 Å². The zero-order valence-electron chi connectivity index (χ0n) is 7.52. The van der Waals surface area contributed by atoms with Crippen molar-refractivity contribution in [2.75, 3.05) is 0 Å². The summed E-state index contributed by atoms with van der Waals surface area (Å²) in [5.74, 6) is 1.11. The molecule has 0 saturated carbocycles. The normalized spacial score (nSPS) is 10.0. The van der Waals surface area contributed by atoms with Crippen LogP contribution in [0.15, 0.2) is 41.0 Å². The minimum atomic E-state index is 0.166. The Morgan fingerprint density at radius 1 is 1.20 bits per heavy atom. The zero-order valence-corrected chi connectivity index (χ0v) is 9.86. The molecule has 0 bridgehead atoms. The molecule has 1 aromatic carbocycles. The molecule has 2 aromatic rings. The smallest absolute Gasteiger partial charge is 0.225 e. The van der Waals surface area contributed by atoms with Crippen LogP contribution in [0.25, 0.3) is 0 Å². The van der Waals surface area contributed by atoms with Crippen molar-refractivity contribution in [1.82, 2.24) is 9.97 Å². The van der Waals surface area contributed by atoms with Crippen LogP contribution in [0.3, 0.4) is 0 Å². The van der Waals surface area contributed by atoms with E-state index in [0.717, 1.165) is 4.47 Å². The monoisotopic (exact) mass is 284 g/mol. The molecule has 0 unspecified atom stereocenters. The van der Waals surface area contributed by atoms with Crippen LogP contribution in [0, 0.1) is 0 Å². The number of ether oxygens (including phenoxy) is 1. The SMILES string of the molecule is Clc1nccc(Oc2ccccc2Br)n1. The van der Waals surface area contributed by atoms with Crippen LogP contribution >= 0.6 is 27.5 Å². The van der Waals surface area contributed by atoms with Gasteiger partial charge in [0.2, 0.25) is 11.2 Å². The second kappa shape index (κ2) is 4.59. The van der Waals surface area contributed by atoms with Crippen LogP contribution in [-0.4, -0.2) is 9.97 Å². The zero-order chi connectivity index (χ0) is 10.7. The Labute approximate surface area is 100 Å². The predicted molar refractivity (Wildman–Crippen MR) is 61.3 cm³/mol. The second-order valence-electron chi connectivity index (χ2n) is 2.70. The molecule has 0 atom stereocenters. The van der Waals surface area contributed by atoms with Crippen molar-refractivity contribution >= 4 is 27.5 Å². The molecule has 0 fully saturated rings. The summed E-state index contributed by atoms with van der Waals surface area (Å²) < 4.78 is 6.37. The molecule has 0 spiro atoms. The van der Waals surface area contributed by atoms with Gasteiger partial charge in [0.1, 0.15) is 5.75 Å². The van der Waals surface area contributed by atoms with E-state index in [2.05, 4.69) is 25.9 Å². The number of halogens is 2. The van der Waals surface area contributed by atoms with Crippen molar-refractivity contribution in [3.63, 3.8) is 0 Å². The van der Waals surface area contributed by atoms with Gasteiger partial charge in [-0.15, -0.1) is 0 Å². The fourth-order valence-corrected chi connectivity index (χ4v) is 1.52. The summed E-state index contributed by atoms with van der Waals surface area (Å²) in [5.41, 5.74) is 0. The average Bonchev–Trinajstić information content (AvgIpc) is 2.22. The van der Waals surface area contributed by atoms with Crippen LogP contribution in [-0.2, 0) is 0 Å². The van der Waals surface area contributed by atoms with Gasteiger partial charge in [0.15, 0.2) is 0 Å². The van der Waals surface area contributed by atoms with Crippen molar-refractivity contribution in [2.45, 2.75) is 0 Å². The molecule has 0 aliphatic heterocycles. The Bertz CT molecular complexity index is 478. The number of aromatic nitrogens is 2. The highest BCUT2D eigenvalue weighted by Crippen LogP contribution is 2.28. The standard InChI is InChI=1S/C10H6BrClN2O/c11-7-3-1-2-4-8(7)15-9-5-6-13-10(12)14-9/h1-6H. The van der Waals surface area contributed by atoms with Crippen LogP contribution in [0.1, 0.15) is 0 Å². The lowest BCUT2D eigenvalue weighted by Crippen LogP contribution is -1.89. The Kier molecular flexibility index (Phi) is 3.18. The van der Waals surface area contributed by atoms with Gasteiger partial charge in [-0.1, -0.05) is 12.1 Å². The molecule has 0 aliphatic rings. The summed E-state index contributed by atoms with van der Waals surface area (Å²) in [4.78, 5) is 7.69. The fourth-order valence-electron chi connectivity index (χ4n) is 1.02. The molecule has 2 rings (SSSR count). The number of rotatable bonds is 2.